The molecule has 0 aliphatic heterocycles. The molecule has 1 amide bonds. The van der Waals surface area contributed by atoms with Gasteiger partial charge in [0.2, 0.25) is 15.9 Å². The number of amides is 1. The summed E-state index contributed by atoms with van der Waals surface area (Å²) < 4.78 is 29.2. The molecular weight excluding hydrogens is 292 g/mol. The molecule has 0 aliphatic rings. The van der Waals surface area contributed by atoms with Crippen molar-refractivity contribution < 1.29 is 17.6 Å². The second-order valence-corrected chi connectivity index (χ2v) is 7.38. The van der Waals surface area contributed by atoms with Gasteiger partial charge < -0.3 is 9.73 Å². The van der Waals surface area contributed by atoms with Crippen molar-refractivity contribution in [1.82, 2.24) is 9.62 Å². The molecule has 0 saturated carbocycles. The van der Waals surface area contributed by atoms with E-state index in [2.05, 4.69) is 5.32 Å². The lowest BCUT2D eigenvalue weighted by atomic mass is 10.2. The highest BCUT2D eigenvalue weighted by Crippen LogP contribution is 2.12. The predicted molar refractivity (Wildman–Crippen MR) is 81.9 cm³/mol. The van der Waals surface area contributed by atoms with Crippen LogP contribution in [-0.2, 0) is 21.4 Å². The zero-order valence-corrected chi connectivity index (χ0v) is 13.6. The zero-order chi connectivity index (χ0) is 16.0. The van der Waals surface area contributed by atoms with Crippen LogP contribution in [0.15, 0.2) is 22.6 Å². The molecule has 0 atom stereocenters. The van der Waals surface area contributed by atoms with Gasteiger partial charge in [-0.2, -0.15) is 4.31 Å². The van der Waals surface area contributed by atoms with E-state index in [1.54, 1.807) is 18.2 Å². The van der Waals surface area contributed by atoms with Gasteiger partial charge in [0.15, 0.2) is 0 Å². The normalized spacial score (nSPS) is 12.5. The summed E-state index contributed by atoms with van der Waals surface area (Å²) in [7, 11) is -1.76. The second-order valence-electron chi connectivity index (χ2n) is 5.30. The van der Waals surface area contributed by atoms with E-state index in [1.165, 1.54) is 17.4 Å². The number of hydrogen-bond donors (Lipinski definition) is 1. The Labute approximate surface area is 125 Å². The maximum Gasteiger partial charge on any atom is 0.244 e. The van der Waals surface area contributed by atoms with Crippen LogP contribution in [-0.4, -0.2) is 38.5 Å². The molecule has 0 aliphatic carbocycles. The van der Waals surface area contributed by atoms with Gasteiger partial charge in [0.1, 0.15) is 11.5 Å². The SMILES string of the molecule is CC(C)CNC(=O)/C=C/c1ccc(CN(C)S(C)(=O)=O)o1. The molecular formula is C14H22N2O4S. The van der Waals surface area contributed by atoms with Crippen LogP contribution in [0, 0.1) is 5.92 Å². The van der Waals surface area contributed by atoms with Crippen LogP contribution in [0.25, 0.3) is 6.08 Å². The van der Waals surface area contributed by atoms with Crippen molar-refractivity contribution in [3.8, 4) is 0 Å². The fourth-order valence-corrected chi connectivity index (χ4v) is 1.79. The Hall–Kier alpha value is -1.60. The predicted octanol–water partition coefficient (Wildman–Crippen LogP) is 1.46. The minimum Gasteiger partial charge on any atom is -0.460 e. The lowest BCUT2D eigenvalue weighted by Crippen LogP contribution is -2.25. The highest BCUT2D eigenvalue weighted by atomic mass is 32.2. The molecule has 21 heavy (non-hydrogen) atoms. The maximum absolute atomic E-state index is 11.5. The fourth-order valence-electron chi connectivity index (χ4n) is 1.43. The van der Waals surface area contributed by atoms with E-state index in [0.717, 1.165) is 6.26 Å². The Kier molecular flexibility index (Phi) is 6.17. The van der Waals surface area contributed by atoms with Crippen molar-refractivity contribution >= 4 is 22.0 Å². The lowest BCUT2D eigenvalue weighted by Gasteiger charge is -2.11. The first-order chi connectivity index (χ1) is 9.68. The number of nitrogens with one attached hydrogen (secondary N) is 1. The standard InChI is InChI=1S/C14H22N2O4S/c1-11(2)9-15-14(17)8-7-12-5-6-13(20-12)10-16(3)21(4,18)19/h5-8,11H,9-10H2,1-4H3,(H,15,17)/b8-7+. The first-order valence-corrected chi connectivity index (χ1v) is 8.49. The van der Waals surface area contributed by atoms with Crippen molar-refractivity contribution in [2.45, 2.75) is 20.4 Å². The van der Waals surface area contributed by atoms with E-state index < -0.39 is 10.0 Å². The van der Waals surface area contributed by atoms with Crippen LogP contribution in [0.2, 0.25) is 0 Å². The first-order valence-electron chi connectivity index (χ1n) is 6.64. The average molecular weight is 314 g/mol. The van der Waals surface area contributed by atoms with Gasteiger partial charge in [0.05, 0.1) is 12.8 Å². The largest absolute Gasteiger partial charge is 0.460 e. The molecule has 7 heteroatoms. The van der Waals surface area contributed by atoms with Crippen LogP contribution >= 0.6 is 0 Å². The van der Waals surface area contributed by atoms with Crippen LogP contribution < -0.4 is 5.32 Å². The van der Waals surface area contributed by atoms with Crippen molar-refractivity contribution in [2.75, 3.05) is 19.8 Å². The molecule has 0 unspecified atom stereocenters. The molecule has 0 bridgehead atoms. The number of furan rings is 1. The van der Waals surface area contributed by atoms with E-state index >= 15 is 0 Å². The van der Waals surface area contributed by atoms with E-state index in [0.29, 0.717) is 24.0 Å². The van der Waals surface area contributed by atoms with Gasteiger partial charge >= 0.3 is 0 Å². The molecule has 0 radical (unpaired) electrons. The minimum absolute atomic E-state index is 0.159. The molecule has 1 aromatic rings. The minimum atomic E-state index is -3.24. The average Bonchev–Trinajstić information content (AvgIpc) is 2.80. The molecule has 1 aromatic heterocycles. The summed E-state index contributed by atoms with van der Waals surface area (Å²) in [5.74, 6) is 1.23. The third-order valence-electron chi connectivity index (χ3n) is 2.71. The van der Waals surface area contributed by atoms with Gasteiger partial charge in [-0.15, -0.1) is 0 Å². The van der Waals surface area contributed by atoms with Gasteiger partial charge in [0.25, 0.3) is 0 Å². The van der Waals surface area contributed by atoms with Crippen molar-refractivity contribution in [2.24, 2.45) is 5.92 Å². The van der Waals surface area contributed by atoms with Gasteiger partial charge in [-0.1, -0.05) is 13.8 Å². The van der Waals surface area contributed by atoms with Crippen LogP contribution in [0.3, 0.4) is 0 Å². The summed E-state index contributed by atoms with van der Waals surface area (Å²) in [6.07, 6.45) is 4.08. The Bertz CT molecular complexity index is 602. The van der Waals surface area contributed by atoms with E-state index in [1.807, 2.05) is 13.8 Å². The van der Waals surface area contributed by atoms with E-state index in [4.69, 9.17) is 4.42 Å². The molecule has 0 saturated heterocycles. The molecule has 6 nitrogen and oxygen atoms in total. The summed E-state index contributed by atoms with van der Waals surface area (Å²) >= 11 is 0. The highest BCUT2D eigenvalue weighted by Gasteiger charge is 2.13. The van der Waals surface area contributed by atoms with Crippen LogP contribution in [0.5, 0.6) is 0 Å². The summed E-state index contributed by atoms with van der Waals surface area (Å²) in [6, 6.07) is 3.38. The van der Waals surface area contributed by atoms with Crippen molar-refractivity contribution in [3.63, 3.8) is 0 Å². The third-order valence-corrected chi connectivity index (χ3v) is 3.97. The molecule has 0 spiro atoms. The Morgan fingerprint density at radius 2 is 2.10 bits per heavy atom. The maximum atomic E-state index is 11.5. The molecule has 1 rings (SSSR count). The van der Waals surface area contributed by atoms with E-state index in [9.17, 15) is 13.2 Å². The molecule has 0 fully saturated rings. The molecule has 0 aromatic carbocycles. The van der Waals surface area contributed by atoms with Crippen molar-refractivity contribution in [1.29, 1.82) is 0 Å². The fraction of sp³-hybridized carbons (Fsp3) is 0.500. The summed E-state index contributed by atoms with van der Waals surface area (Å²) in [4.78, 5) is 11.5. The Balaban J connectivity index is 2.57. The zero-order valence-electron chi connectivity index (χ0n) is 12.8. The monoisotopic (exact) mass is 314 g/mol. The second kappa shape index (κ2) is 7.42. The number of carbonyl (C=O) groups is 1. The number of nitrogens with zero attached hydrogens (tertiary/aromatic N) is 1. The van der Waals surface area contributed by atoms with Gasteiger partial charge in [-0.25, -0.2) is 8.42 Å². The van der Waals surface area contributed by atoms with Gasteiger partial charge in [0, 0.05) is 19.7 Å². The number of rotatable bonds is 7. The highest BCUT2D eigenvalue weighted by molar-refractivity contribution is 7.88. The molecule has 1 heterocycles. The quantitative estimate of drug-likeness (QED) is 0.773. The smallest absolute Gasteiger partial charge is 0.244 e. The molecule has 1 N–H and O–H groups in total. The van der Waals surface area contributed by atoms with Gasteiger partial charge in [-0.05, 0) is 24.1 Å². The van der Waals surface area contributed by atoms with Crippen LogP contribution in [0.4, 0.5) is 0 Å². The van der Waals surface area contributed by atoms with Gasteiger partial charge in [-0.3, -0.25) is 4.79 Å². The Morgan fingerprint density at radius 1 is 1.43 bits per heavy atom. The summed E-state index contributed by atoms with van der Waals surface area (Å²) in [5, 5.41) is 2.76. The Morgan fingerprint density at radius 3 is 2.67 bits per heavy atom. The number of carbonyl (C=O) groups excluding carboxylic acids is 1. The topological polar surface area (TPSA) is 79.6 Å². The molecule has 118 valence electrons. The van der Waals surface area contributed by atoms with Crippen LogP contribution in [0.1, 0.15) is 25.4 Å². The third kappa shape index (κ3) is 6.59. The van der Waals surface area contributed by atoms with Crippen molar-refractivity contribution in [3.05, 3.63) is 29.7 Å². The summed E-state index contributed by atoms with van der Waals surface area (Å²) in [5.41, 5.74) is 0. The summed E-state index contributed by atoms with van der Waals surface area (Å²) in [6.45, 7) is 4.81. The van der Waals surface area contributed by atoms with E-state index in [-0.39, 0.29) is 12.5 Å². The lowest BCUT2D eigenvalue weighted by molar-refractivity contribution is -0.116. The number of sulfonamides is 1. The number of hydrogen-bond acceptors (Lipinski definition) is 4. The first kappa shape index (κ1) is 17.5.